The predicted molar refractivity (Wildman–Crippen MR) is 82.8 cm³/mol. The molecule has 3 rings (SSSR count). The second kappa shape index (κ2) is 2.69. The highest BCUT2D eigenvalue weighted by molar-refractivity contribution is 9.26. The number of fused-ring (bicyclic) bond motifs is 2. The van der Waals surface area contributed by atoms with Gasteiger partial charge in [0.05, 0.1) is 6.47 Å². The van der Waals surface area contributed by atoms with E-state index in [-0.39, 0.29) is 6.47 Å². The van der Waals surface area contributed by atoms with E-state index in [1.807, 2.05) is 0 Å². The maximum Gasteiger partial charge on any atom is 0.0924 e. The lowest BCUT2D eigenvalue weighted by molar-refractivity contribution is 0.157. The van der Waals surface area contributed by atoms with Gasteiger partial charge in [-0.1, -0.05) is 91.4 Å². The minimum Gasteiger partial charge on any atom is -0.0715 e. The molecule has 0 saturated heterocycles. The summed E-state index contributed by atoms with van der Waals surface area (Å²) in [6, 6.07) is 0. The van der Waals surface area contributed by atoms with Crippen LogP contribution in [0.4, 0.5) is 0 Å². The summed E-state index contributed by atoms with van der Waals surface area (Å²) in [6.45, 7) is 9.65. The normalized spacial score (nSPS) is 64.5. The van der Waals surface area contributed by atoms with Gasteiger partial charge in [0.1, 0.15) is 0 Å². The van der Waals surface area contributed by atoms with E-state index in [0.29, 0.717) is 21.7 Å². The molecule has 4 atom stereocenters. The Labute approximate surface area is 131 Å². The highest BCUT2D eigenvalue weighted by Gasteiger charge is 2.94. The van der Waals surface area contributed by atoms with Gasteiger partial charge in [-0.2, -0.15) is 0 Å². The van der Waals surface area contributed by atoms with Crippen molar-refractivity contribution >= 4 is 63.7 Å². The zero-order valence-electron chi connectivity index (χ0n) is 9.93. The maximum atomic E-state index is 3.91. The van der Waals surface area contributed by atoms with Crippen molar-refractivity contribution in [2.45, 2.75) is 47.0 Å². The summed E-state index contributed by atoms with van der Waals surface area (Å²) < 4.78 is 0.269. The number of halogens is 4. The Kier molecular flexibility index (Phi) is 2.17. The van der Waals surface area contributed by atoms with Crippen LogP contribution in [0.5, 0.6) is 0 Å². The second-order valence-corrected chi connectivity index (χ2v) is 13.7. The van der Waals surface area contributed by atoms with Gasteiger partial charge in [0.2, 0.25) is 0 Å². The lowest BCUT2D eigenvalue weighted by atomic mass is 9.71. The third-order valence-electron chi connectivity index (χ3n) is 6.50. The number of rotatable bonds is 0. The molecular weight excluding hydrogens is 464 g/mol. The molecule has 3 saturated carbocycles. The molecule has 0 amide bonds. The third-order valence-corrected chi connectivity index (χ3v) is 13.5. The van der Waals surface area contributed by atoms with Gasteiger partial charge in [0.25, 0.3) is 0 Å². The van der Waals surface area contributed by atoms with E-state index in [1.54, 1.807) is 0 Å². The molecule has 0 heterocycles. The van der Waals surface area contributed by atoms with Gasteiger partial charge in [-0.25, -0.2) is 0 Å². The topological polar surface area (TPSA) is 0 Å². The molecule has 0 aliphatic heterocycles. The fourth-order valence-electron chi connectivity index (χ4n) is 4.53. The van der Waals surface area contributed by atoms with Crippen molar-refractivity contribution in [3.8, 4) is 0 Å². The van der Waals surface area contributed by atoms with Crippen LogP contribution in [0.15, 0.2) is 0 Å². The van der Waals surface area contributed by atoms with Crippen molar-refractivity contribution in [1.82, 2.24) is 0 Å². The minimum atomic E-state index is 0.134. The first-order valence-electron chi connectivity index (χ1n) is 5.67. The summed E-state index contributed by atoms with van der Waals surface area (Å²) in [4.78, 5) is 0. The first kappa shape index (κ1) is 12.9. The number of alkyl halides is 4. The number of hydrogen-bond donors (Lipinski definition) is 0. The zero-order chi connectivity index (χ0) is 12.4. The standard InChI is InChI=1S/C12H16Br4/c1-7-5-9(3)10(4,12(9,15)16)6-8(7,2)11(7,13)14/h5-6H2,1-4H3/t7-,8+,9-,10+. The Morgan fingerprint density at radius 2 is 0.750 bits per heavy atom. The molecule has 4 heteroatoms. The molecule has 3 fully saturated rings. The molecule has 0 spiro atoms. The van der Waals surface area contributed by atoms with E-state index in [0.717, 1.165) is 0 Å². The van der Waals surface area contributed by atoms with Crippen molar-refractivity contribution in [3.05, 3.63) is 0 Å². The summed E-state index contributed by atoms with van der Waals surface area (Å²) in [5, 5.41) is 0. The monoisotopic (exact) mass is 476 g/mol. The third kappa shape index (κ3) is 0.867. The molecule has 92 valence electrons. The predicted octanol–water partition coefficient (Wildman–Crippen LogP) is 5.80. The molecule has 0 aromatic rings. The van der Waals surface area contributed by atoms with Gasteiger partial charge < -0.3 is 0 Å². The van der Waals surface area contributed by atoms with Crippen LogP contribution in [-0.2, 0) is 0 Å². The highest BCUT2D eigenvalue weighted by atomic mass is 79.9. The van der Waals surface area contributed by atoms with E-state index in [9.17, 15) is 0 Å². The Morgan fingerprint density at radius 1 is 0.562 bits per heavy atom. The summed E-state index contributed by atoms with van der Waals surface area (Å²) in [6.07, 6.45) is 2.50. The van der Waals surface area contributed by atoms with Crippen molar-refractivity contribution in [3.63, 3.8) is 0 Å². The molecule has 0 unspecified atom stereocenters. The van der Waals surface area contributed by atoms with Crippen LogP contribution in [0.3, 0.4) is 0 Å². The SMILES string of the molecule is C[C@@]12C[C@@]3(C)C(Br)(Br)[C@@]3(C)C[C@]1(C)C2(Br)Br. The van der Waals surface area contributed by atoms with Crippen molar-refractivity contribution in [1.29, 1.82) is 0 Å². The highest BCUT2D eigenvalue weighted by Crippen LogP contribution is 2.97. The van der Waals surface area contributed by atoms with Crippen LogP contribution >= 0.6 is 63.7 Å². The number of hydrogen-bond acceptors (Lipinski definition) is 0. The zero-order valence-corrected chi connectivity index (χ0v) is 16.3. The van der Waals surface area contributed by atoms with Crippen molar-refractivity contribution in [2.24, 2.45) is 21.7 Å². The molecule has 0 aromatic heterocycles. The van der Waals surface area contributed by atoms with Crippen LogP contribution in [-0.4, -0.2) is 6.47 Å². The smallest absolute Gasteiger partial charge is 0.0715 e. The Balaban J connectivity index is 2.07. The Hall–Kier alpha value is 1.92. The fourth-order valence-corrected chi connectivity index (χ4v) is 8.76. The first-order chi connectivity index (χ1) is 6.91. The quantitative estimate of drug-likeness (QED) is 0.385. The second-order valence-electron chi connectivity index (χ2n) is 6.83. The minimum absolute atomic E-state index is 0.134. The van der Waals surface area contributed by atoms with Crippen LogP contribution in [0, 0.1) is 21.7 Å². The Morgan fingerprint density at radius 3 is 0.938 bits per heavy atom. The lowest BCUT2D eigenvalue weighted by Crippen LogP contribution is -2.25. The van der Waals surface area contributed by atoms with Crippen LogP contribution in [0.25, 0.3) is 0 Å². The molecular formula is C12H16Br4. The molecule has 0 bridgehead atoms. The van der Waals surface area contributed by atoms with Gasteiger partial charge in [0.15, 0.2) is 0 Å². The summed E-state index contributed by atoms with van der Waals surface area (Å²) >= 11 is 15.6. The molecule has 0 aromatic carbocycles. The summed E-state index contributed by atoms with van der Waals surface area (Å²) in [5.41, 5.74) is 1.43. The summed E-state index contributed by atoms with van der Waals surface area (Å²) in [7, 11) is 0. The van der Waals surface area contributed by atoms with Crippen LogP contribution in [0.1, 0.15) is 40.5 Å². The van der Waals surface area contributed by atoms with E-state index in [4.69, 9.17) is 0 Å². The van der Waals surface area contributed by atoms with Gasteiger partial charge in [-0.3, -0.25) is 0 Å². The average molecular weight is 480 g/mol. The van der Waals surface area contributed by atoms with E-state index in [1.165, 1.54) is 12.8 Å². The van der Waals surface area contributed by atoms with Gasteiger partial charge >= 0.3 is 0 Å². The molecule has 0 radical (unpaired) electrons. The fraction of sp³-hybridized carbons (Fsp3) is 1.00. The molecule has 3 aliphatic rings. The molecule has 3 aliphatic carbocycles. The molecule has 0 N–H and O–H groups in total. The van der Waals surface area contributed by atoms with E-state index < -0.39 is 0 Å². The van der Waals surface area contributed by atoms with Crippen LogP contribution in [0.2, 0.25) is 0 Å². The maximum absolute atomic E-state index is 3.91. The van der Waals surface area contributed by atoms with Crippen molar-refractivity contribution < 1.29 is 0 Å². The lowest BCUT2D eigenvalue weighted by Gasteiger charge is -2.32. The Bertz CT molecular complexity index is 334. The van der Waals surface area contributed by atoms with Crippen LogP contribution < -0.4 is 0 Å². The largest absolute Gasteiger partial charge is 0.0924 e. The average Bonchev–Trinajstić information content (AvgIpc) is 2.59. The van der Waals surface area contributed by atoms with Gasteiger partial charge in [0, 0.05) is 21.7 Å². The van der Waals surface area contributed by atoms with E-state index in [2.05, 4.69) is 91.4 Å². The van der Waals surface area contributed by atoms with Crippen molar-refractivity contribution in [2.75, 3.05) is 0 Å². The molecule has 0 nitrogen and oxygen atoms in total. The molecule has 16 heavy (non-hydrogen) atoms. The van der Waals surface area contributed by atoms with Gasteiger partial charge in [-0.05, 0) is 12.8 Å². The first-order valence-corrected chi connectivity index (χ1v) is 8.84. The van der Waals surface area contributed by atoms with E-state index >= 15 is 0 Å². The van der Waals surface area contributed by atoms with Gasteiger partial charge in [-0.15, -0.1) is 0 Å². The summed E-state index contributed by atoms with van der Waals surface area (Å²) in [5.74, 6) is 0.